The van der Waals surface area contributed by atoms with Crippen molar-refractivity contribution in [2.45, 2.75) is 6.92 Å². The van der Waals surface area contributed by atoms with Gasteiger partial charge in [0.15, 0.2) is 6.40 Å². The minimum Gasteiger partial charge on any atom is -0.482 e. The van der Waals surface area contributed by atoms with Gasteiger partial charge in [-0.25, -0.2) is 4.98 Å². The van der Waals surface area contributed by atoms with Gasteiger partial charge in [-0.1, -0.05) is 0 Å². The van der Waals surface area contributed by atoms with Crippen LogP contribution in [0.3, 0.4) is 0 Å². The van der Waals surface area contributed by atoms with Gasteiger partial charge < -0.3 is 4.74 Å². The van der Waals surface area contributed by atoms with E-state index in [1.807, 2.05) is 0 Å². The maximum absolute atomic E-state index is 12.0. The molecule has 0 radical (unpaired) electrons. The summed E-state index contributed by atoms with van der Waals surface area (Å²) in [5, 5.41) is 14.6. The van der Waals surface area contributed by atoms with E-state index in [1.54, 1.807) is 6.92 Å². The highest BCUT2D eigenvalue weighted by Crippen LogP contribution is 2.15. The third kappa shape index (κ3) is 2.57. The summed E-state index contributed by atoms with van der Waals surface area (Å²) in [4.78, 5) is 26.1. The maximum atomic E-state index is 12.0. The summed E-state index contributed by atoms with van der Waals surface area (Å²) in [6.07, 6.45) is 2.35. The number of hydrogen-bond donors (Lipinski definition) is 0. The number of hydrogen-bond acceptors (Lipinski definition) is 6. The molecule has 1 aromatic heterocycles. The lowest BCUT2D eigenvalue weighted by atomic mass is 10.2. The van der Waals surface area contributed by atoms with Gasteiger partial charge in [0.2, 0.25) is 0 Å². The van der Waals surface area contributed by atoms with E-state index in [-0.39, 0.29) is 11.1 Å². The molecule has 2 rings (SSSR count). The van der Waals surface area contributed by atoms with Crippen molar-refractivity contribution < 1.29 is 9.66 Å². The summed E-state index contributed by atoms with van der Waals surface area (Å²) >= 11 is 0. The van der Waals surface area contributed by atoms with Crippen LogP contribution in [0, 0.1) is 10.1 Å². The second-order valence-corrected chi connectivity index (χ2v) is 3.53. The average Bonchev–Trinajstić information content (AvgIpc) is 2.41. The van der Waals surface area contributed by atoms with Crippen molar-refractivity contribution in [3.8, 4) is 0 Å². The molecular weight excluding hydrogens is 252 g/mol. The van der Waals surface area contributed by atoms with Gasteiger partial charge in [0, 0.05) is 12.1 Å². The van der Waals surface area contributed by atoms with Crippen LogP contribution in [-0.2, 0) is 4.74 Å². The van der Waals surface area contributed by atoms with Crippen LogP contribution in [0.5, 0.6) is 0 Å². The van der Waals surface area contributed by atoms with E-state index in [0.717, 1.165) is 11.1 Å². The third-order valence-electron chi connectivity index (χ3n) is 2.35. The molecule has 0 atom stereocenters. The van der Waals surface area contributed by atoms with E-state index < -0.39 is 10.5 Å². The molecular formula is C11H10N4O4. The molecule has 0 N–H and O–H groups in total. The number of nitro benzene ring substituents is 1. The molecule has 98 valence electrons. The molecule has 0 bridgehead atoms. The Morgan fingerprint density at radius 2 is 2.37 bits per heavy atom. The highest BCUT2D eigenvalue weighted by Gasteiger charge is 2.10. The van der Waals surface area contributed by atoms with Crippen molar-refractivity contribution >= 4 is 23.0 Å². The van der Waals surface area contributed by atoms with Gasteiger partial charge in [-0.05, 0) is 13.0 Å². The molecule has 8 heteroatoms. The molecule has 0 aliphatic heterocycles. The normalized spacial score (nSPS) is 11.0. The Kier molecular flexibility index (Phi) is 3.51. The van der Waals surface area contributed by atoms with Gasteiger partial charge in [0.1, 0.15) is 6.33 Å². The first-order valence-electron chi connectivity index (χ1n) is 5.43. The molecule has 0 aliphatic rings. The molecule has 0 aliphatic carbocycles. The molecule has 0 unspecified atom stereocenters. The summed E-state index contributed by atoms with van der Waals surface area (Å²) in [6.45, 7) is 2.20. The standard InChI is InChI=1S/C11H10N4O4/c1-2-19-7-13-14-6-12-10-4-3-8(15(17)18)5-9(10)11(14)16/h3-7H,2H2,1H3/b13-7+. The first-order valence-corrected chi connectivity index (χ1v) is 5.43. The number of ether oxygens (including phenoxy) is 1. The monoisotopic (exact) mass is 262 g/mol. The van der Waals surface area contributed by atoms with Crippen LogP contribution in [0.2, 0.25) is 0 Å². The minimum atomic E-state index is -0.570. The van der Waals surface area contributed by atoms with Crippen molar-refractivity contribution in [3.05, 3.63) is 45.0 Å². The molecule has 1 aromatic carbocycles. The van der Waals surface area contributed by atoms with Crippen molar-refractivity contribution in [1.82, 2.24) is 9.66 Å². The van der Waals surface area contributed by atoms with Gasteiger partial charge in [0.25, 0.3) is 11.2 Å². The largest absolute Gasteiger partial charge is 0.482 e. The zero-order chi connectivity index (χ0) is 13.8. The molecule has 0 saturated heterocycles. The number of aromatic nitrogens is 2. The van der Waals surface area contributed by atoms with Crippen molar-refractivity contribution in [3.63, 3.8) is 0 Å². The zero-order valence-corrected chi connectivity index (χ0v) is 10.0. The predicted molar refractivity (Wildman–Crippen MR) is 68.2 cm³/mol. The Hall–Kier alpha value is -2.77. The Morgan fingerprint density at radius 3 is 3.05 bits per heavy atom. The first-order chi connectivity index (χ1) is 9.13. The van der Waals surface area contributed by atoms with E-state index in [9.17, 15) is 14.9 Å². The lowest BCUT2D eigenvalue weighted by molar-refractivity contribution is -0.384. The quantitative estimate of drug-likeness (QED) is 0.356. The lowest BCUT2D eigenvalue weighted by Crippen LogP contribution is -2.17. The number of rotatable bonds is 4. The van der Waals surface area contributed by atoms with Gasteiger partial charge in [0.05, 0.1) is 22.4 Å². The molecule has 19 heavy (non-hydrogen) atoms. The fourth-order valence-corrected chi connectivity index (χ4v) is 1.46. The van der Waals surface area contributed by atoms with Crippen LogP contribution in [0.25, 0.3) is 10.9 Å². The lowest BCUT2D eigenvalue weighted by Gasteiger charge is -2.00. The van der Waals surface area contributed by atoms with Crippen molar-refractivity contribution in [2.75, 3.05) is 6.61 Å². The van der Waals surface area contributed by atoms with Crippen molar-refractivity contribution in [1.29, 1.82) is 0 Å². The van der Waals surface area contributed by atoms with Crippen LogP contribution >= 0.6 is 0 Å². The van der Waals surface area contributed by atoms with Gasteiger partial charge >= 0.3 is 0 Å². The third-order valence-corrected chi connectivity index (χ3v) is 2.35. The summed E-state index contributed by atoms with van der Waals surface area (Å²) in [5.74, 6) is 0. The fraction of sp³-hybridized carbons (Fsp3) is 0.182. The van der Waals surface area contributed by atoms with Crippen LogP contribution in [0.1, 0.15) is 6.92 Å². The fourth-order valence-electron chi connectivity index (χ4n) is 1.46. The summed E-state index contributed by atoms with van der Waals surface area (Å²) < 4.78 is 5.84. The number of nitrogens with zero attached hydrogens (tertiary/aromatic N) is 4. The molecule has 0 saturated carbocycles. The van der Waals surface area contributed by atoms with E-state index in [4.69, 9.17) is 4.74 Å². The Morgan fingerprint density at radius 1 is 1.58 bits per heavy atom. The molecule has 0 amide bonds. The van der Waals surface area contributed by atoms with Gasteiger partial charge in [-0.2, -0.15) is 4.68 Å². The molecule has 0 spiro atoms. The topological polar surface area (TPSA) is 99.6 Å². The Labute approximate surface area is 107 Å². The average molecular weight is 262 g/mol. The highest BCUT2D eigenvalue weighted by atomic mass is 16.6. The summed E-state index contributed by atoms with van der Waals surface area (Å²) in [6, 6.07) is 3.89. The molecule has 8 nitrogen and oxygen atoms in total. The molecule has 2 aromatic rings. The summed E-state index contributed by atoms with van der Waals surface area (Å²) in [5.41, 5.74) is -0.291. The number of benzene rings is 1. The van der Waals surface area contributed by atoms with Crippen LogP contribution < -0.4 is 5.56 Å². The van der Waals surface area contributed by atoms with E-state index in [2.05, 4.69) is 10.1 Å². The molecule has 0 fully saturated rings. The second kappa shape index (κ2) is 5.25. The van der Waals surface area contributed by atoms with Crippen LogP contribution in [0.15, 0.2) is 34.4 Å². The SMILES string of the molecule is CCO/C=N/n1cnc2ccc([N+](=O)[O-])cc2c1=O. The number of nitro groups is 1. The highest BCUT2D eigenvalue weighted by molar-refractivity contribution is 5.79. The smallest absolute Gasteiger partial charge is 0.282 e. The second-order valence-electron chi connectivity index (χ2n) is 3.53. The van der Waals surface area contributed by atoms with Crippen LogP contribution in [0.4, 0.5) is 5.69 Å². The Bertz CT molecular complexity index is 707. The van der Waals surface area contributed by atoms with Crippen LogP contribution in [-0.4, -0.2) is 27.6 Å². The number of fused-ring (bicyclic) bond motifs is 1. The van der Waals surface area contributed by atoms with Gasteiger partial charge in [-0.3, -0.25) is 14.9 Å². The van der Waals surface area contributed by atoms with Crippen molar-refractivity contribution in [2.24, 2.45) is 5.10 Å². The van der Waals surface area contributed by atoms with E-state index >= 15 is 0 Å². The van der Waals surface area contributed by atoms with E-state index in [1.165, 1.54) is 24.5 Å². The summed E-state index contributed by atoms with van der Waals surface area (Å²) in [7, 11) is 0. The number of non-ortho nitro benzene ring substituents is 1. The maximum Gasteiger partial charge on any atom is 0.282 e. The minimum absolute atomic E-state index is 0.130. The predicted octanol–water partition coefficient (Wildman–Crippen LogP) is 1.13. The Balaban J connectivity index is 2.56. The first kappa shape index (κ1) is 12.7. The molecule has 1 heterocycles. The van der Waals surface area contributed by atoms with E-state index in [0.29, 0.717) is 12.1 Å². The van der Waals surface area contributed by atoms with Gasteiger partial charge in [-0.15, -0.1) is 5.10 Å². The zero-order valence-electron chi connectivity index (χ0n) is 10.0.